The van der Waals surface area contributed by atoms with Crippen LogP contribution in [0.4, 0.5) is 4.39 Å². The molecule has 3 rings (SSSR count). The Hall–Kier alpha value is -2.53. The number of aromatic nitrogens is 2. The van der Waals surface area contributed by atoms with Crippen molar-refractivity contribution >= 4 is 28.5 Å². The third kappa shape index (κ3) is 2.55. The summed E-state index contributed by atoms with van der Waals surface area (Å²) in [6.07, 6.45) is 2.49. The van der Waals surface area contributed by atoms with Gasteiger partial charge in [-0.05, 0) is 24.3 Å². The second-order valence-electron chi connectivity index (χ2n) is 4.41. The SMILES string of the molecule is O=C(O)c1cc(-c2cncc(F)c2)nc2cc(Cl)ccc12. The molecular weight excluding hydrogens is 295 g/mol. The first-order valence-electron chi connectivity index (χ1n) is 5.99. The molecule has 0 spiro atoms. The van der Waals surface area contributed by atoms with Crippen molar-refractivity contribution in [2.45, 2.75) is 0 Å². The molecule has 0 unspecified atom stereocenters. The Labute approximate surface area is 123 Å². The lowest BCUT2D eigenvalue weighted by atomic mass is 10.1. The molecule has 0 amide bonds. The molecule has 21 heavy (non-hydrogen) atoms. The van der Waals surface area contributed by atoms with Crippen molar-refractivity contribution in [2.75, 3.05) is 0 Å². The Balaban J connectivity index is 2.32. The van der Waals surface area contributed by atoms with Crippen molar-refractivity contribution in [1.29, 1.82) is 0 Å². The molecule has 104 valence electrons. The van der Waals surface area contributed by atoms with E-state index < -0.39 is 11.8 Å². The van der Waals surface area contributed by atoms with E-state index >= 15 is 0 Å². The second kappa shape index (κ2) is 5.10. The fourth-order valence-corrected chi connectivity index (χ4v) is 2.24. The van der Waals surface area contributed by atoms with Crippen molar-refractivity contribution in [3.05, 3.63) is 59.1 Å². The zero-order valence-electron chi connectivity index (χ0n) is 10.5. The Bertz CT molecular complexity index is 867. The maximum atomic E-state index is 13.3. The van der Waals surface area contributed by atoms with Gasteiger partial charge in [0.25, 0.3) is 0 Å². The van der Waals surface area contributed by atoms with Gasteiger partial charge in [-0.15, -0.1) is 0 Å². The average Bonchev–Trinajstić information content (AvgIpc) is 2.45. The van der Waals surface area contributed by atoms with E-state index in [1.807, 2.05) is 0 Å². The highest BCUT2D eigenvalue weighted by atomic mass is 35.5. The maximum Gasteiger partial charge on any atom is 0.336 e. The van der Waals surface area contributed by atoms with Gasteiger partial charge in [0.15, 0.2) is 0 Å². The van der Waals surface area contributed by atoms with Gasteiger partial charge in [-0.3, -0.25) is 4.98 Å². The van der Waals surface area contributed by atoms with E-state index in [9.17, 15) is 14.3 Å². The lowest BCUT2D eigenvalue weighted by Crippen LogP contribution is -2.00. The van der Waals surface area contributed by atoms with Crippen LogP contribution in [0.5, 0.6) is 0 Å². The first-order valence-corrected chi connectivity index (χ1v) is 6.37. The van der Waals surface area contributed by atoms with Crippen LogP contribution in [0.15, 0.2) is 42.7 Å². The van der Waals surface area contributed by atoms with Crippen LogP contribution in [0.1, 0.15) is 10.4 Å². The highest BCUT2D eigenvalue weighted by Gasteiger charge is 2.13. The zero-order valence-corrected chi connectivity index (χ0v) is 11.3. The summed E-state index contributed by atoms with van der Waals surface area (Å²) < 4.78 is 13.3. The summed E-state index contributed by atoms with van der Waals surface area (Å²) in [7, 11) is 0. The van der Waals surface area contributed by atoms with Crippen LogP contribution in [-0.2, 0) is 0 Å². The summed E-state index contributed by atoms with van der Waals surface area (Å²) in [6.45, 7) is 0. The third-order valence-corrected chi connectivity index (χ3v) is 3.24. The molecule has 0 saturated carbocycles. The van der Waals surface area contributed by atoms with Crippen LogP contribution in [0.25, 0.3) is 22.2 Å². The normalized spacial score (nSPS) is 10.8. The summed E-state index contributed by atoms with van der Waals surface area (Å²) in [5.41, 5.74) is 1.24. The van der Waals surface area contributed by atoms with Crippen molar-refractivity contribution in [2.24, 2.45) is 0 Å². The molecule has 6 heteroatoms. The van der Waals surface area contributed by atoms with Gasteiger partial charge in [-0.2, -0.15) is 0 Å². The van der Waals surface area contributed by atoms with Crippen molar-refractivity contribution in [3.8, 4) is 11.3 Å². The van der Waals surface area contributed by atoms with Crippen LogP contribution in [-0.4, -0.2) is 21.0 Å². The van der Waals surface area contributed by atoms with Gasteiger partial charge in [0.1, 0.15) is 5.82 Å². The number of carbonyl (C=O) groups is 1. The van der Waals surface area contributed by atoms with E-state index in [2.05, 4.69) is 9.97 Å². The number of carboxylic acid groups (broad SMARTS) is 1. The second-order valence-corrected chi connectivity index (χ2v) is 4.85. The third-order valence-electron chi connectivity index (χ3n) is 3.00. The number of nitrogens with zero attached hydrogens (tertiary/aromatic N) is 2. The minimum Gasteiger partial charge on any atom is -0.478 e. The summed E-state index contributed by atoms with van der Waals surface area (Å²) in [6, 6.07) is 7.41. The predicted molar refractivity (Wildman–Crippen MR) is 76.9 cm³/mol. The van der Waals surface area contributed by atoms with Gasteiger partial charge in [0.2, 0.25) is 0 Å². The highest BCUT2D eigenvalue weighted by molar-refractivity contribution is 6.31. The number of aromatic carboxylic acids is 1. The number of fused-ring (bicyclic) bond motifs is 1. The lowest BCUT2D eigenvalue weighted by molar-refractivity contribution is 0.0699. The molecule has 1 aromatic carbocycles. The van der Waals surface area contributed by atoms with Gasteiger partial charge < -0.3 is 5.11 Å². The van der Waals surface area contributed by atoms with Gasteiger partial charge in [-0.1, -0.05) is 17.7 Å². The molecule has 4 nitrogen and oxygen atoms in total. The minimum atomic E-state index is -1.09. The smallest absolute Gasteiger partial charge is 0.336 e. The largest absolute Gasteiger partial charge is 0.478 e. The number of halogens is 2. The molecule has 3 aromatic rings. The van der Waals surface area contributed by atoms with E-state index in [0.717, 1.165) is 6.20 Å². The number of rotatable bonds is 2. The molecule has 0 aliphatic rings. The quantitative estimate of drug-likeness (QED) is 0.782. The molecule has 2 heterocycles. The molecule has 0 fully saturated rings. The van der Waals surface area contributed by atoms with E-state index in [1.54, 1.807) is 18.2 Å². The topological polar surface area (TPSA) is 63.1 Å². The van der Waals surface area contributed by atoms with Crippen molar-refractivity contribution in [3.63, 3.8) is 0 Å². The summed E-state index contributed by atoms with van der Waals surface area (Å²) in [5, 5.41) is 10.2. The standard InChI is InChI=1S/C15H8ClFN2O2/c16-9-1-2-11-12(15(20)21)5-13(19-14(11)4-9)8-3-10(17)7-18-6-8/h1-7H,(H,20,21). The predicted octanol–water partition coefficient (Wildman–Crippen LogP) is 3.79. The molecule has 0 aliphatic heterocycles. The average molecular weight is 303 g/mol. The van der Waals surface area contributed by atoms with Crippen molar-refractivity contribution < 1.29 is 14.3 Å². The number of carboxylic acids is 1. The summed E-state index contributed by atoms with van der Waals surface area (Å²) in [4.78, 5) is 19.5. The van der Waals surface area contributed by atoms with E-state index in [1.165, 1.54) is 18.3 Å². The fraction of sp³-hybridized carbons (Fsp3) is 0. The number of pyridine rings is 2. The Kier molecular flexibility index (Phi) is 3.27. The monoisotopic (exact) mass is 302 g/mol. The van der Waals surface area contributed by atoms with Crippen LogP contribution in [0, 0.1) is 5.82 Å². The number of hydrogen-bond acceptors (Lipinski definition) is 3. The van der Waals surface area contributed by atoms with Gasteiger partial charge >= 0.3 is 5.97 Å². The molecule has 0 aliphatic carbocycles. The van der Waals surface area contributed by atoms with E-state index in [4.69, 9.17) is 11.6 Å². The molecule has 0 saturated heterocycles. The fourth-order valence-electron chi connectivity index (χ4n) is 2.08. The Morgan fingerprint density at radius 1 is 1.19 bits per heavy atom. The maximum absolute atomic E-state index is 13.3. The molecule has 0 radical (unpaired) electrons. The first-order chi connectivity index (χ1) is 10.0. The van der Waals surface area contributed by atoms with Gasteiger partial charge in [0.05, 0.1) is 23.0 Å². The van der Waals surface area contributed by atoms with Crippen molar-refractivity contribution in [1.82, 2.24) is 9.97 Å². The molecular formula is C15H8ClFN2O2. The van der Waals surface area contributed by atoms with Crippen LogP contribution < -0.4 is 0 Å². The minimum absolute atomic E-state index is 0.0796. The van der Waals surface area contributed by atoms with Crippen LogP contribution in [0.3, 0.4) is 0 Å². The number of benzene rings is 1. The Morgan fingerprint density at radius 2 is 2.00 bits per heavy atom. The lowest BCUT2D eigenvalue weighted by Gasteiger charge is -2.07. The summed E-state index contributed by atoms with van der Waals surface area (Å²) in [5.74, 6) is -1.60. The highest BCUT2D eigenvalue weighted by Crippen LogP contribution is 2.26. The molecule has 2 aromatic heterocycles. The van der Waals surface area contributed by atoms with E-state index in [-0.39, 0.29) is 5.56 Å². The molecule has 0 bridgehead atoms. The van der Waals surface area contributed by atoms with Crippen LogP contribution >= 0.6 is 11.6 Å². The summed E-state index contributed by atoms with van der Waals surface area (Å²) >= 11 is 5.91. The Morgan fingerprint density at radius 3 is 2.71 bits per heavy atom. The van der Waals surface area contributed by atoms with E-state index in [0.29, 0.717) is 27.2 Å². The molecule has 0 atom stereocenters. The first kappa shape index (κ1) is 13.5. The van der Waals surface area contributed by atoms with Gasteiger partial charge in [0, 0.05) is 22.2 Å². The zero-order chi connectivity index (χ0) is 15.0. The van der Waals surface area contributed by atoms with Gasteiger partial charge in [-0.25, -0.2) is 14.2 Å². The number of hydrogen-bond donors (Lipinski definition) is 1. The molecule has 1 N–H and O–H groups in total. The van der Waals surface area contributed by atoms with Crippen LogP contribution in [0.2, 0.25) is 5.02 Å².